The second-order valence-electron chi connectivity index (χ2n) is 2.25. The van der Waals surface area contributed by atoms with Crippen molar-refractivity contribution in [3.05, 3.63) is 23.8 Å². The number of methoxy groups -OCH3 is 1. The number of nitrogens with zero attached hydrogens (tertiary/aromatic N) is 1. The summed E-state index contributed by atoms with van der Waals surface area (Å²) in [5, 5.41) is 17.4. The number of phenols is 1. The van der Waals surface area contributed by atoms with Crippen LogP contribution in [0.1, 0.15) is 5.56 Å². The second kappa shape index (κ2) is 4.04. The van der Waals surface area contributed by atoms with Crippen LogP contribution >= 0.6 is 0 Å². The number of rotatable bonds is 1. The first kappa shape index (κ1) is 8.96. The molecule has 0 saturated heterocycles. The van der Waals surface area contributed by atoms with Crippen LogP contribution in [0.3, 0.4) is 0 Å². The lowest BCUT2D eigenvalue weighted by atomic mass is 10.2. The van der Waals surface area contributed by atoms with E-state index in [1.807, 2.05) is 0 Å². The Morgan fingerprint density at radius 1 is 1.46 bits per heavy atom. The molecule has 0 amide bonds. The quantitative estimate of drug-likeness (QED) is 0.651. The molecule has 0 atom stereocenters. The molecule has 0 unspecified atom stereocenters. The van der Waals surface area contributed by atoms with Crippen molar-refractivity contribution in [2.75, 3.05) is 7.11 Å². The summed E-state index contributed by atoms with van der Waals surface area (Å²) in [6, 6.07) is 6.36. The van der Waals surface area contributed by atoms with Gasteiger partial charge in [0.15, 0.2) is 17.6 Å². The highest BCUT2D eigenvalue weighted by Gasteiger charge is 1.99. The molecular weight excluding hydrogens is 166 g/mol. The van der Waals surface area contributed by atoms with E-state index in [0.717, 1.165) is 0 Å². The van der Waals surface area contributed by atoms with Crippen molar-refractivity contribution in [1.82, 2.24) is 0 Å². The van der Waals surface area contributed by atoms with Crippen molar-refractivity contribution >= 4 is 0 Å². The zero-order valence-electron chi connectivity index (χ0n) is 7.03. The molecule has 0 aliphatic carbocycles. The molecule has 1 aromatic carbocycles. The van der Waals surface area contributed by atoms with E-state index < -0.39 is 0 Å². The molecule has 0 aliphatic heterocycles. The average Bonchev–Trinajstić information content (AvgIpc) is 2.16. The lowest BCUT2D eigenvalue weighted by molar-refractivity contribution is 0.373. The van der Waals surface area contributed by atoms with Crippen molar-refractivity contribution in [2.45, 2.75) is 0 Å². The molecule has 3 heteroatoms. The maximum atomic E-state index is 9.22. The summed E-state index contributed by atoms with van der Waals surface area (Å²) in [6.07, 6.45) is 0. The summed E-state index contributed by atoms with van der Waals surface area (Å²) in [5.41, 5.74) is 0.635. The fourth-order valence-corrected chi connectivity index (χ4v) is 0.856. The van der Waals surface area contributed by atoms with Crippen LogP contribution in [0.15, 0.2) is 18.2 Å². The Morgan fingerprint density at radius 2 is 2.23 bits per heavy atom. The molecule has 64 valence electrons. The van der Waals surface area contributed by atoms with Crippen LogP contribution in [0.4, 0.5) is 0 Å². The Kier molecular flexibility index (Phi) is 2.78. The highest BCUT2D eigenvalue weighted by atomic mass is 16.5. The third-order valence-corrected chi connectivity index (χ3v) is 1.44. The molecule has 1 aromatic rings. The first-order valence-electron chi connectivity index (χ1n) is 3.55. The third-order valence-electron chi connectivity index (χ3n) is 1.44. The van der Waals surface area contributed by atoms with Crippen molar-refractivity contribution in [1.29, 1.82) is 5.26 Å². The van der Waals surface area contributed by atoms with Crippen LogP contribution in [0.2, 0.25) is 0 Å². The summed E-state index contributed by atoms with van der Waals surface area (Å²) in [6.45, 7) is 0. The predicted molar refractivity (Wildman–Crippen MR) is 47.1 cm³/mol. The fraction of sp³-hybridized carbons (Fsp3) is 0.100. The minimum atomic E-state index is 0.0602. The summed E-state index contributed by atoms with van der Waals surface area (Å²) < 4.78 is 4.86. The van der Waals surface area contributed by atoms with E-state index in [1.54, 1.807) is 18.2 Å². The van der Waals surface area contributed by atoms with Gasteiger partial charge in [0, 0.05) is 11.5 Å². The minimum absolute atomic E-state index is 0.0602. The van der Waals surface area contributed by atoms with Crippen LogP contribution in [0, 0.1) is 23.2 Å². The maximum Gasteiger partial charge on any atom is 0.161 e. The topological polar surface area (TPSA) is 53.2 Å². The first-order valence-corrected chi connectivity index (χ1v) is 3.55. The van der Waals surface area contributed by atoms with Crippen LogP contribution in [0.5, 0.6) is 11.5 Å². The van der Waals surface area contributed by atoms with Gasteiger partial charge in [-0.25, -0.2) is 0 Å². The van der Waals surface area contributed by atoms with Gasteiger partial charge < -0.3 is 9.84 Å². The Morgan fingerprint density at radius 3 is 2.85 bits per heavy atom. The third kappa shape index (κ3) is 2.15. The molecule has 0 aliphatic rings. The van der Waals surface area contributed by atoms with Gasteiger partial charge in [-0.05, 0) is 18.2 Å². The molecule has 3 nitrogen and oxygen atoms in total. The standard InChI is InChI=1S/C10H7NO2/c1-13-10-7-8(3-2-6-11)4-5-9(10)12/h4-5,7,12H,1H3. The Bertz CT molecular complexity index is 407. The van der Waals surface area contributed by atoms with Crippen molar-refractivity contribution in [3.63, 3.8) is 0 Å². The van der Waals surface area contributed by atoms with Gasteiger partial charge in [-0.1, -0.05) is 5.92 Å². The zero-order valence-corrected chi connectivity index (χ0v) is 7.03. The smallest absolute Gasteiger partial charge is 0.161 e. The molecule has 13 heavy (non-hydrogen) atoms. The normalized spacial score (nSPS) is 8.00. The van der Waals surface area contributed by atoms with Gasteiger partial charge in [-0.2, -0.15) is 5.26 Å². The van der Waals surface area contributed by atoms with E-state index in [0.29, 0.717) is 11.3 Å². The molecule has 0 saturated carbocycles. The van der Waals surface area contributed by atoms with Crippen LogP contribution < -0.4 is 4.74 Å². The van der Waals surface area contributed by atoms with Crippen LogP contribution in [0.25, 0.3) is 0 Å². The molecule has 1 rings (SSSR count). The summed E-state index contributed by atoms with van der Waals surface area (Å²) >= 11 is 0. The number of benzene rings is 1. The Hall–Kier alpha value is -2.13. The van der Waals surface area contributed by atoms with Crippen molar-refractivity contribution < 1.29 is 9.84 Å². The van der Waals surface area contributed by atoms with Gasteiger partial charge >= 0.3 is 0 Å². The second-order valence-corrected chi connectivity index (χ2v) is 2.25. The van der Waals surface area contributed by atoms with E-state index in [4.69, 9.17) is 10.00 Å². The average molecular weight is 173 g/mol. The number of hydrogen-bond acceptors (Lipinski definition) is 3. The molecule has 0 aromatic heterocycles. The van der Waals surface area contributed by atoms with Crippen molar-refractivity contribution in [3.8, 4) is 29.4 Å². The van der Waals surface area contributed by atoms with E-state index in [-0.39, 0.29) is 5.75 Å². The Labute approximate surface area is 76.2 Å². The number of ether oxygens (including phenoxy) is 1. The fourth-order valence-electron chi connectivity index (χ4n) is 0.856. The number of phenolic OH excluding ortho intramolecular Hbond substituents is 1. The number of nitriles is 1. The van der Waals surface area contributed by atoms with E-state index in [1.165, 1.54) is 13.2 Å². The predicted octanol–water partition coefficient (Wildman–Crippen LogP) is 1.28. The number of aromatic hydroxyl groups is 1. The summed E-state index contributed by atoms with van der Waals surface area (Å²) in [5.74, 6) is 5.26. The van der Waals surface area contributed by atoms with Gasteiger partial charge in [-0.3, -0.25) is 0 Å². The summed E-state index contributed by atoms with van der Waals surface area (Å²) in [4.78, 5) is 0. The van der Waals surface area contributed by atoms with Gasteiger partial charge in [-0.15, -0.1) is 0 Å². The molecule has 0 radical (unpaired) electrons. The van der Waals surface area contributed by atoms with Crippen molar-refractivity contribution in [2.24, 2.45) is 0 Å². The van der Waals surface area contributed by atoms with E-state index >= 15 is 0 Å². The van der Waals surface area contributed by atoms with Gasteiger partial charge in [0.1, 0.15) is 0 Å². The molecule has 0 bridgehead atoms. The maximum absolute atomic E-state index is 9.22. The zero-order chi connectivity index (χ0) is 9.68. The van der Waals surface area contributed by atoms with E-state index in [9.17, 15) is 5.11 Å². The largest absolute Gasteiger partial charge is 0.504 e. The minimum Gasteiger partial charge on any atom is -0.504 e. The lowest BCUT2D eigenvalue weighted by Gasteiger charge is -2.01. The number of hydrogen-bond donors (Lipinski definition) is 1. The van der Waals surface area contributed by atoms with Crippen LogP contribution in [-0.4, -0.2) is 12.2 Å². The van der Waals surface area contributed by atoms with Gasteiger partial charge in [0.05, 0.1) is 7.11 Å². The molecule has 0 fully saturated rings. The Balaban J connectivity index is 3.08. The molecule has 0 spiro atoms. The summed E-state index contributed by atoms with van der Waals surface area (Å²) in [7, 11) is 1.45. The van der Waals surface area contributed by atoms with Gasteiger partial charge in [0.25, 0.3) is 0 Å². The molecular formula is C10H7NO2. The SMILES string of the molecule is COc1cc(C#CC#N)ccc1O. The van der Waals surface area contributed by atoms with Gasteiger partial charge in [0.2, 0.25) is 0 Å². The van der Waals surface area contributed by atoms with E-state index in [2.05, 4.69) is 11.8 Å². The lowest BCUT2D eigenvalue weighted by Crippen LogP contribution is -1.84. The molecule has 0 heterocycles. The molecule has 1 N–H and O–H groups in total. The first-order chi connectivity index (χ1) is 6.27. The highest BCUT2D eigenvalue weighted by molar-refractivity contribution is 5.48. The highest BCUT2D eigenvalue weighted by Crippen LogP contribution is 2.25. The monoisotopic (exact) mass is 173 g/mol. The van der Waals surface area contributed by atoms with Crippen LogP contribution in [-0.2, 0) is 0 Å².